The molecule has 0 spiro atoms. The molecule has 1 aromatic rings. The molecule has 1 aliphatic rings. The van der Waals surface area contributed by atoms with E-state index in [9.17, 15) is 0 Å². The van der Waals surface area contributed by atoms with Gasteiger partial charge in [-0.2, -0.15) is 0 Å². The predicted molar refractivity (Wildman–Crippen MR) is 75.8 cm³/mol. The van der Waals surface area contributed by atoms with Crippen LogP contribution in [0.2, 0.25) is 0 Å². The average molecular weight is 251 g/mol. The third-order valence-corrected chi connectivity index (χ3v) is 5.39. The highest BCUT2D eigenvalue weighted by atomic mass is 32.1. The third-order valence-electron chi connectivity index (χ3n) is 4.37. The molecule has 3 atom stereocenters. The van der Waals surface area contributed by atoms with Crippen LogP contribution >= 0.6 is 11.3 Å². The molecule has 3 unspecified atom stereocenters. The van der Waals surface area contributed by atoms with E-state index in [4.69, 9.17) is 4.98 Å². The molecule has 17 heavy (non-hydrogen) atoms. The van der Waals surface area contributed by atoms with Crippen molar-refractivity contribution >= 4 is 11.3 Å². The van der Waals surface area contributed by atoms with Crippen LogP contribution in [0.1, 0.15) is 81.8 Å². The van der Waals surface area contributed by atoms with Crippen molar-refractivity contribution in [3.05, 3.63) is 16.1 Å². The molecule has 0 saturated heterocycles. The van der Waals surface area contributed by atoms with Crippen molar-refractivity contribution in [1.82, 2.24) is 4.98 Å². The van der Waals surface area contributed by atoms with Crippen molar-refractivity contribution in [3.63, 3.8) is 0 Å². The van der Waals surface area contributed by atoms with Crippen LogP contribution in [0.15, 0.2) is 5.38 Å². The lowest BCUT2D eigenvalue weighted by atomic mass is 9.80. The van der Waals surface area contributed by atoms with Crippen LogP contribution < -0.4 is 0 Å². The van der Waals surface area contributed by atoms with Gasteiger partial charge in [0.15, 0.2) is 0 Å². The summed E-state index contributed by atoms with van der Waals surface area (Å²) in [5.74, 6) is 2.34. The zero-order valence-corrected chi connectivity index (χ0v) is 12.2. The fourth-order valence-corrected chi connectivity index (χ4v) is 3.90. The summed E-state index contributed by atoms with van der Waals surface area (Å²) in [6, 6.07) is 0. The van der Waals surface area contributed by atoms with Gasteiger partial charge in [-0.15, -0.1) is 11.3 Å². The normalized spacial score (nSPS) is 27.0. The van der Waals surface area contributed by atoms with Crippen molar-refractivity contribution in [2.45, 2.75) is 71.1 Å². The summed E-state index contributed by atoms with van der Waals surface area (Å²) in [5, 5.41) is 3.71. The van der Waals surface area contributed by atoms with Crippen molar-refractivity contribution < 1.29 is 0 Å². The Labute approximate surface area is 110 Å². The monoisotopic (exact) mass is 251 g/mol. The van der Waals surface area contributed by atoms with Gasteiger partial charge in [-0.25, -0.2) is 4.98 Å². The maximum Gasteiger partial charge on any atom is 0.0959 e. The molecule has 2 heteroatoms. The number of nitrogens with zero attached hydrogens (tertiary/aromatic N) is 1. The maximum atomic E-state index is 4.89. The quantitative estimate of drug-likeness (QED) is 0.704. The van der Waals surface area contributed by atoms with Gasteiger partial charge in [-0.3, -0.25) is 0 Å². The lowest BCUT2D eigenvalue weighted by Gasteiger charge is -2.26. The Morgan fingerprint density at radius 3 is 2.94 bits per heavy atom. The molecule has 1 nitrogen and oxygen atoms in total. The number of thiazole rings is 1. The molecule has 1 aromatic heterocycles. The van der Waals surface area contributed by atoms with Gasteiger partial charge in [0.1, 0.15) is 0 Å². The van der Waals surface area contributed by atoms with E-state index in [2.05, 4.69) is 26.2 Å². The summed E-state index contributed by atoms with van der Waals surface area (Å²) in [7, 11) is 0. The number of aromatic nitrogens is 1. The van der Waals surface area contributed by atoms with Crippen LogP contribution in [0.4, 0.5) is 0 Å². The zero-order chi connectivity index (χ0) is 12.3. The fraction of sp³-hybridized carbons (Fsp3) is 0.800. The molecule has 0 radical (unpaired) electrons. The summed E-state index contributed by atoms with van der Waals surface area (Å²) in [4.78, 5) is 4.89. The smallest absolute Gasteiger partial charge is 0.0959 e. The second-order valence-corrected chi connectivity index (χ2v) is 6.45. The number of hydrogen-bond donors (Lipinski definition) is 0. The fourth-order valence-electron chi connectivity index (χ4n) is 2.81. The average Bonchev–Trinajstić information content (AvgIpc) is 2.87. The highest BCUT2D eigenvalue weighted by molar-refractivity contribution is 7.09. The van der Waals surface area contributed by atoms with Gasteiger partial charge in [-0.1, -0.05) is 40.0 Å². The Kier molecular flexibility index (Phi) is 4.61. The third kappa shape index (κ3) is 3.09. The minimum absolute atomic E-state index is 0.630. The summed E-state index contributed by atoms with van der Waals surface area (Å²) in [6.45, 7) is 6.87. The lowest BCUT2D eigenvalue weighted by molar-refractivity contribution is 0.314. The lowest BCUT2D eigenvalue weighted by Crippen LogP contribution is -2.13. The Hall–Kier alpha value is -0.370. The zero-order valence-electron chi connectivity index (χ0n) is 11.4. The predicted octanol–water partition coefficient (Wildman–Crippen LogP) is 5.34. The summed E-state index contributed by atoms with van der Waals surface area (Å²) < 4.78 is 0. The molecule has 2 rings (SSSR count). The molecule has 0 N–H and O–H groups in total. The van der Waals surface area contributed by atoms with E-state index >= 15 is 0 Å². The van der Waals surface area contributed by atoms with Crippen LogP contribution in [0.5, 0.6) is 0 Å². The molecule has 0 amide bonds. The first kappa shape index (κ1) is 13.1. The molecule has 1 aliphatic carbocycles. The standard InChI is InChI=1S/C15H25NS/c1-4-11(3)14-10-17-15(16-14)13-8-6-7-12(5-2)9-13/h10-13H,4-9H2,1-3H3. The number of hydrogen-bond acceptors (Lipinski definition) is 2. The summed E-state index contributed by atoms with van der Waals surface area (Å²) >= 11 is 1.90. The van der Waals surface area contributed by atoms with Crippen LogP contribution in [-0.2, 0) is 0 Å². The van der Waals surface area contributed by atoms with Crippen LogP contribution in [0, 0.1) is 5.92 Å². The van der Waals surface area contributed by atoms with Gasteiger partial charge in [-0.05, 0) is 31.1 Å². The minimum atomic E-state index is 0.630. The molecule has 0 bridgehead atoms. The second-order valence-electron chi connectivity index (χ2n) is 5.56. The molecule has 0 aromatic carbocycles. The van der Waals surface area contributed by atoms with Crippen LogP contribution in [0.25, 0.3) is 0 Å². The molecule has 1 saturated carbocycles. The molecular formula is C15H25NS. The first-order valence-corrected chi connectivity index (χ1v) is 8.07. The first-order chi connectivity index (χ1) is 8.24. The Morgan fingerprint density at radius 1 is 1.41 bits per heavy atom. The highest BCUT2D eigenvalue weighted by Gasteiger charge is 2.24. The molecule has 1 heterocycles. The van der Waals surface area contributed by atoms with E-state index in [-0.39, 0.29) is 0 Å². The Bertz CT molecular complexity index is 344. The van der Waals surface area contributed by atoms with Crippen molar-refractivity contribution in [2.75, 3.05) is 0 Å². The topological polar surface area (TPSA) is 12.9 Å². The summed E-state index contributed by atoms with van der Waals surface area (Å²) in [6.07, 6.45) is 8.14. The van der Waals surface area contributed by atoms with Gasteiger partial charge in [0, 0.05) is 11.3 Å². The van der Waals surface area contributed by atoms with E-state index in [1.54, 1.807) is 0 Å². The maximum absolute atomic E-state index is 4.89. The van der Waals surface area contributed by atoms with Gasteiger partial charge < -0.3 is 0 Å². The minimum Gasteiger partial charge on any atom is -0.246 e. The Morgan fingerprint density at radius 2 is 2.24 bits per heavy atom. The number of rotatable bonds is 4. The van der Waals surface area contributed by atoms with Crippen molar-refractivity contribution in [3.8, 4) is 0 Å². The van der Waals surface area contributed by atoms with E-state index in [0.717, 1.165) is 11.8 Å². The first-order valence-electron chi connectivity index (χ1n) is 7.19. The van der Waals surface area contributed by atoms with Gasteiger partial charge in [0.25, 0.3) is 0 Å². The van der Waals surface area contributed by atoms with E-state index < -0.39 is 0 Å². The molecule has 0 aliphatic heterocycles. The van der Waals surface area contributed by atoms with Gasteiger partial charge >= 0.3 is 0 Å². The molecular weight excluding hydrogens is 226 g/mol. The Balaban J connectivity index is 2.04. The van der Waals surface area contributed by atoms with Crippen molar-refractivity contribution in [2.24, 2.45) is 5.92 Å². The molecule has 96 valence electrons. The van der Waals surface area contributed by atoms with Gasteiger partial charge in [0.05, 0.1) is 10.7 Å². The summed E-state index contributed by atoms with van der Waals surface area (Å²) in [5.41, 5.74) is 1.33. The van der Waals surface area contributed by atoms with Crippen molar-refractivity contribution in [1.29, 1.82) is 0 Å². The largest absolute Gasteiger partial charge is 0.246 e. The second kappa shape index (κ2) is 5.99. The van der Waals surface area contributed by atoms with E-state index in [1.165, 1.54) is 49.2 Å². The van der Waals surface area contributed by atoms with Gasteiger partial charge in [0.2, 0.25) is 0 Å². The SMILES string of the molecule is CCC1CCCC(c2nc(C(C)CC)cs2)C1. The molecule has 1 fully saturated rings. The van der Waals surface area contributed by atoms with E-state index in [1.807, 2.05) is 11.3 Å². The van der Waals surface area contributed by atoms with Crippen LogP contribution in [-0.4, -0.2) is 4.98 Å². The van der Waals surface area contributed by atoms with E-state index in [0.29, 0.717) is 5.92 Å². The van der Waals surface area contributed by atoms with Crippen LogP contribution in [0.3, 0.4) is 0 Å². The highest BCUT2D eigenvalue weighted by Crippen LogP contribution is 2.39.